The van der Waals surface area contributed by atoms with E-state index >= 15 is 0 Å². The number of nitrogens with zero attached hydrogens (tertiary/aromatic N) is 1. The number of carbonyl (C=O) groups is 1. The van der Waals surface area contributed by atoms with Crippen LogP contribution in [0.25, 0.3) is 0 Å². The lowest BCUT2D eigenvalue weighted by Crippen LogP contribution is -2.55. The number of guanidine groups is 1. The second kappa shape index (κ2) is 4.11. The van der Waals surface area contributed by atoms with Crippen molar-refractivity contribution in [1.82, 2.24) is 5.32 Å². The molecule has 5 N–H and O–H groups in total. The Hall–Kier alpha value is -1.26. The van der Waals surface area contributed by atoms with Crippen LogP contribution in [0.3, 0.4) is 0 Å². The topological polar surface area (TPSA) is 93.5 Å². The molecule has 0 aliphatic carbocycles. The van der Waals surface area contributed by atoms with Crippen LogP contribution >= 0.6 is 0 Å². The van der Waals surface area contributed by atoms with Crippen molar-refractivity contribution in [1.29, 1.82) is 0 Å². The van der Waals surface area contributed by atoms with Crippen LogP contribution in [0.4, 0.5) is 0 Å². The van der Waals surface area contributed by atoms with E-state index in [1.165, 1.54) is 0 Å². The molecule has 0 aromatic carbocycles. The van der Waals surface area contributed by atoms with Gasteiger partial charge in [0.1, 0.15) is 5.54 Å². The highest BCUT2D eigenvalue weighted by atomic mass is 16.1. The Morgan fingerprint density at radius 1 is 1.38 bits per heavy atom. The first-order valence-corrected chi connectivity index (χ1v) is 4.17. The minimum absolute atomic E-state index is 0.0937. The molecule has 0 aromatic rings. The molecular weight excluding hydrogens is 168 g/mol. The van der Waals surface area contributed by atoms with E-state index in [4.69, 9.17) is 11.5 Å². The summed E-state index contributed by atoms with van der Waals surface area (Å²) >= 11 is 0. The molecule has 0 aliphatic rings. The van der Waals surface area contributed by atoms with E-state index in [0.29, 0.717) is 0 Å². The lowest BCUT2D eigenvalue weighted by molar-refractivity contribution is -0.122. The molecule has 0 aliphatic heterocycles. The smallest absolute Gasteiger partial charge is 0.242 e. The zero-order chi connectivity index (χ0) is 10.6. The first kappa shape index (κ1) is 11.7. The number of hydrogen-bond donors (Lipinski definition) is 3. The van der Waals surface area contributed by atoms with E-state index in [1.807, 2.05) is 13.8 Å². The van der Waals surface area contributed by atoms with Crippen LogP contribution in [0, 0.1) is 0 Å². The van der Waals surface area contributed by atoms with Gasteiger partial charge in [0.25, 0.3) is 0 Å². The van der Waals surface area contributed by atoms with Gasteiger partial charge in [-0.1, -0.05) is 0 Å². The fourth-order valence-corrected chi connectivity index (χ4v) is 0.692. The molecule has 0 aromatic heterocycles. The van der Waals surface area contributed by atoms with Crippen molar-refractivity contribution in [2.45, 2.75) is 39.3 Å². The molecule has 0 atom stereocenters. The molecular formula is C8H18N4O. The molecule has 0 saturated carbocycles. The summed E-state index contributed by atoms with van der Waals surface area (Å²) in [5.41, 5.74) is 9.81. The number of carbonyl (C=O) groups excluding carboxylic acids is 1. The number of aliphatic imine (C=N–C) groups is 1. The largest absolute Gasteiger partial charge is 0.370 e. The SMILES string of the molecule is CC(C)N=C(N)NC(C)(C)C(N)=O. The van der Waals surface area contributed by atoms with Gasteiger partial charge in [-0.25, -0.2) is 0 Å². The number of rotatable bonds is 3. The van der Waals surface area contributed by atoms with Gasteiger partial charge in [0.15, 0.2) is 5.96 Å². The molecule has 1 amide bonds. The maximum Gasteiger partial charge on any atom is 0.242 e. The molecule has 0 radical (unpaired) electrons. The van der Waals surface area contributed by atoms with E-state index < -0.39 is 11.4 Å². The average Bonchev–Trinajstić information content (AvgIpc) is 1.82. The first-order valence-electron chi connectivity index (χ1n) is 4.17. The Labute approximate surface area is 78.6 Å². The van der Waals surface area contributed by atoms with Crippen LogP contribution in [0.2, 0.25) is 0 Å². The van der Waals surface area contributed by atoms with Crippen molar-refractivity contribution in [2.24, 2.45) is 16.5 Å². The zero-order valence-electron chi connectivity index (χ0n) is 8.59. The number of primary amides is 1. The summed E-state index contributed by atoms with van der Waals surface area (Å²) < 4.78 is 0. The molecule has 0 fully saturated rings. The predicted octanol–water partition coefficient (Wildman–Crippen LogP) is -0.437. The van der Waals surface area contributed by atoms with Gasteiger partial charge in [0.2, 0.25) is 5.91 Å². The standard InChI is InChI=1S/C8H18N4O/c1-5(2)11-7(10)12-8(3,4)6(9)13/h5H,1-4H3,(H2,9,13)(H3,10,11,12). The van der Waals surface area contributed by atoms with Crippen LogP contribution < -0.4 is 16.8 Å². The van der Waals surface area contributed by atoms with E-state index in [2.05, 4.69) is 10.3 Å². The molecule has 0 spiro atoms. The number of hydrogen-bond acceptors (Lipinski definition) is 2. The van der Waals surface area contributed by atoms with Gasteiger partial charge in [0.05, 0.1) is 0 Å². The molecule has 76 valence electrons. The Bertz CT molecular complexity index is 220. The van der Waals surface area contributed by atoms with Gasteiger partial charge >= 0.3 is 0 Å². The summed E-state index contributed by atoms with van der Waals surface area (Å²) in [6, 6.07) is 0.0937. The lowest BCUT2D eigenvalue weighted by Gasteiger charge is -2.22. The Morgan fingerprint density at radius 3 is 2.15 bits per heavy atom. The van der Waals surface area contributed by atoms with Crippen molar-refractivity contribution in [3.63, 3.8) is 0 Å². The maximum atomic E-state index is 10.9. The molecule has 5 nitrogen and oxygen atoms in total. The fourth-order valence-electron chi connectivity index (χ4n) is 0.692. The zero-order valence-corrected chi connectivity index (χ0v) is 8.59. The van der Waals surface area contributed by atoms with Crippen LogP contribution in [0.5, 0.6) is 0 Å². The molecule has 5 heteroatoms. The quantitative estimate of drug-likeness (QED) is 0.412. The second-order valence-corrected chi connectivity index (χ2v) is 3.72. The van der Waals surface area contributed by atoms with Crippen molar-refractivity contribution >= 4 is 11.9 Å². The average molecular weight is 186 g/mol. The van der Waals surface area contributed by atoms with Gasteiger partial charge in [-0.15, -0.1) is 0 Å². The van der Waals surface area contributed by atoms with Crippen molar-refractivity contribution in [3.05, 3.63) is 0 Å². The minimum Gasteiger partial charge on any atom is -0.370 e. The third-order valence-corrected chi connectivity index (χ3v) is 1.45. The van der Waals surface area contributed by atoms with Gasteiger partial charge in [-0.3, -0.25) is 9.79 Å². The summed E-state index contributed by atoms with van der Waals surface area (Å²) in [5, 5.41) is 2.74. The summed E-state index contributed by atoms with van der Waals surface area (Å²) in [4.78, 5) is 14.9. The number of nitrogens with two attached hydrogens (primary N) is 2. The predicted molar refractivity (Wildman–Crippen MR) is 53.2 cm³/mol. The summed E-state index contributed by atoms with van der Waals surface area (Å²) in [6.45, 7) is 7.09. The van der Waals surface area contributed by atoms with Crippen LogP contribution in [-0.4, -0.2) is 23.4 Å². The second-order valence-electron chi connectivity index (χ2n) is 3.72. The van der Waals surface area contributed by atoms with Crippen molar-refractivity contribution in [3.8, 4) is 0 Å². The van der Waals surface area contributed by atoms with Crippen molar-refractivity contribution < 1.29 is 4.79 Å². The molecule has 13 heavy (non-hydrogen) atoms. The number of amides is 1. The van der Waals surface area contributed by atoms with E-state index in [1.54, 1.807) is 13.8 Å². The van der Waals surface area contributed by atoms with E-state index in [0.717, 1.165) is 0 Å². The summed E-state index contributed by atoms with van der Waals surface area (Å²) in [7, 11) is 0. The number of nitrogens with one attached hydrogen (secondary N) is 1. The molecule has 0 unspecified atom stereocenters. The van der Waals surface area contributed by atoms with Crippen molar-refractivity contribution in [2.75, 3.05) is 0 Å². The van der Waals surface area contributed by atoms with Gasteiger partial charge in [-0.2, -0.15) is 0 Å². The highest BCUT2D eigenvalue weighted by Crippen LogP contribution is 1.99. The third-order valence-electron chi connectivity index (χ3n) is 1.45. The monoisotopic (exact) mass is 186 g/mol. The van der Waals surface area contributed by atoms with Crippen LogP contribution in [0.15, 0.2) is 4.99 Å². The maximum absolute atomic E-state index is 10.9. The molecule has 0 saturated heterocycles. The molecule has 0 heterocycles. The summed E-state index contributed by atoms with van der Waals surface area (Å²) in [5.74, 6) is -0.229. The van der Waals surface area contributed by atoms with Crippen LogP contribution in [0.1, 0.15) is 27.7 Å². The third kappa shape index (κ3) is 4.35. The normalized spacial score (nSPS) is 13.2. The minimum atomic E-state index is -0.859. The van der Waals surface area contributed by atoms with E-state index in [-0.39, 0.29) is 12.0 Å². The lowest BCUT2D eigenvalue weighted by atomic mass is 10.1. The summed E-state index contributed by atoms with van der Waals surface area (Å²) in [6.07, 6.45) is 0. The van der Waals surface area contributed by atoms with Gasteiger partial charge in [0, 0.05) is 6.04 Å². The highest BCUT2D eigenvalue weighted by Gasteiger charge is 2.24. The van der Waals surface area contributed by atoms with E-state index in [9.17, 15) is 4.79 Å². The highest BCUT2D eigenvalue weighted by molar-refractivity contribution is 5.90. The van der Waals surface area contributed by atoms with Gasteiger partial charge in [-0.05, 0) is 27.7 Å². The van der Waals surface area contributed by atoms with Gasteiger partial charge < -0.3 is 16.8 Å². The molecule has 0 bridgehead atoms. The first-order chi connectivity index (χ1) is 5.75. The fraction of sp³-hybridized carbons (Fsp3) is 0.750. The van der Waals surface area contributed by atoms with Crippen LogP contribution in [-0.2, 0) is 4.79 Å². The Morgan fingerprint density at radius 2 is 1.85 bits per heavy atom. The molecule has 0 rings (SSSR count). The Kier molecular flexibility index (Phi) is 3.71. The Balaban J connectivity index is 4.36.